The van der Waals surface area contributed by atoms with Gasteiger partial charge < -0.3 is 15.7 Å². The van der Waals surface area contributed by atoms with E-state index in [1.807, 2.05) is 0 Å². The maximum Gasteiger partial charge on any atom is 0.303 e. The van der Waals surface area contributed by atoms with Crippen LogP contribution in [0.2, 0.25) is 5.02 Å². The van der Waals surface area contributed by atoms with E-state index < -0.39 is 11.9 Å². The molecule has 0 saturated carbocycles. The van der Waals surface area contributed by atoms with Crippen molar-refractivity contribution in [1.82, 2.24) is 0 Å². The Labute approximate surface area is 113 Å². The lowest BCUT2D eigenvalue weighted by Gasteiger charge is -2.09. The van der Waals surface area contributed by atoms with Gasteiger partial charge >= 0.3 is 5.97 Å². The summed E-state index contributed by atoms with van der Waals surface area (Å²) < 4.78 is 0. The lowest BCUT2D eigenvalue weighted by Crippen LogP contribution is -2.13. The Morgan fingerprint density at radius 3 is 2.79 bits per heavy atom. The molecule has 19 heavy (non-hydrogen) atoms. The first-order chi connectivity index (χ1) is 8.95. The predicted octanol–water partition coefficient (Wildman–Crippen LogP) is 1.64. The third-order valence-corrected chi connectivity index (χ3v) is 2.97. The second kappa shape index (κ2) is 5.27. The molecule has 7 heteroatoms. The monoisotopic (exact) mass is 282 g/mol. The van der Waals surface area contributed by atoms with Crippen molar-refractivity contribution >= 4 is 40.8 Å². The van der Waals surface area contributed by atoms with Crippen LogP contribution in [-0.4, -0.2) is 22.9 Å². The van der Waals surface area contributed by atoms with Crippen molar-refractivity contribution in [1.29, 1.82) is 0 Å². The number of halogens is 1. The summed E-state index contributed by atoms with van der Waals surface area (Å²) in [5.74, 6) is -1.59. The van der Waals surface area contributed by atoms with Crippen molar-refractivity contribution in [2.45, 2.75) is 19.3 Å². The van der Waals surface area contributed by atoms with E-state index in [2.05, 4.69) is 10.6 Å². The number of carboxylic acid groups (broad SMARTS) is 1. The first kappa shape index (κ1) is 13.4. The number of hydrogen-bond acceptors (Lipinski definition) is 3. The quantitative estimate of drug-likeness (QED) is 0.782. The molecule has 1 aromatic carbocycles. The lowest BCUT2D eigenvalue weighted by atomic mass is 10.1. The summed E-state index contributed by atoms with van der Waals surface area (Å²) in [6.45, 7) is 0. The second-order valence-corrected chi connectivity index (χ2v) is 4.56. The summed E-state index contributed by atoms with van der Waals surface area (Å²) in [7, 11) is 0. The van der Waals surface area contributed by atoms with Gasteiger partial charge in [-0.25, -0.2) is 0 Å². The number of anilines is 2. The van der Waals surface area contributed by atoms with E-state index in [1.165, 1.54) is 0 Å². The minimum Gasteiger partial charge on any atom is -0.481 e. The standard InChI is InChI=1S/C12H11ClN2O4/c13-7-5-8-6(4-11(17)14-8)3-9(7)15-10(16)1-2-12(18)19/h3,5H,1-2,4H2,(H,14,17)(H,15,16)(H,18,19). The van der Waals surface area contributed by atoms with Crippen molar-refractivity contribution in [3.8, 4) is 0 Å². The van der Waals surface area contributed by atoms with Crippen LogP contribution in [0.15, 0.2) is 12.1 Å². The molecule has 6 nitrogen and oxygen atoms in total. The Balaban J connectivity index is 2.09. The fraction of sp³-hybridized carbons (Fsp3) is 0.250. The fourth-order valence-corrected chi connectivity index (χ4v) is 1.99. The van der Waals surface area contributed by atoms with Gasteiger partial charge in [0.1, 0.15) is 0 Å². The zero-order valence-electron chi connectivity index (χ0n) is 9.83. The van der Waals surface area contributed by atoms with E-state index in [9.17, 15) is 14.4 Å². The maximum absolute atomic E-state index is 11.5. The van der Waals surface area contributed by atoms with Crippen molar-refractivity contribution in [3.63, 3.8) is 0 Å². The molecule has 0 radical (unpaired) electrons. The summed E-state index contributed by atoms with van der Waals surface area (Å²) in [4.78, 5) is 33.1. The van der Waals surface area contributed by atoms with E-state index >= 15 is 0 Å². The number of amides is 2. The average Bonchev–Trinajstić information content (AvgIpc) is 2.66. The van der Waals surface area contributed by atoms with Crippen LogP contribution < -0.4 is 10.6 Å². The molecule has 1 heterocycles. The number of carbonyl (C=O) groups excluding carboxylic acids is 2. The number of carbonyl (C=O) groups is 3. The van der Waals surface area contributed by atoms with E-state index in [1.54, 1.807) is 12.1 Å². The summed E-state index contributed by atoms with van der Waals surface area (Å²) in [6.07, 6.45) is -0.126. The number of benzene rings is 1. The van der Waals surface area contributed by atoms with Gasteiger partial charge in [0.15, 0.2) is 0 Å². The molecule has 0 spiro atoms. The molecule has 100 valence electrons. The van der Waals surface area contributed by atoms with Crippen LogP contribution in [0.1, 0.15) is 18.4 Å². The van der Waals surface area contributed by atoms with Gasteiger partial charge in [0.05, 0.1) is 23.6 Å². The largest absolute Gasteiger partial charge is 0.481 e. The van der Waals surface area contributed by atoms with Crippen molar-refractivity contribution < 1.29 is 19.5 Å². The van der Waals surface area contributed by atoms with Gasteiger partial charge in [-0.2, -0.15) is 0 Å². The molecule has 1 aliphatic heterocycles. The summed E-state index contributed by atoms with van der Waals surface area (Å²) >= 11 is 5.98. The van der Waals surface area contributed by atoms with Crippen LogP contribution in [-0.2, 0) is 20.8 Å². The Morgan fingerprint density at radius 2 is 2.11 bits per heavy atom. The highest BCUT2D eigenvalue weighted by Gasteiger charge is 2.20. The Bertz CT molecular complexity index is 571. The number of aliphatic carboxylic acids is 1. The van der Waals surface area contributed by atoms with Gasteiger partial charge in [-0.05, 0) is 17.7 Å². The molecular formula is C12H11ClN2O4. The van der Waals surface area contributed by atoms with Gasteiger partial charge in [0.25, 0.3) is 0 Å². The van der Waals surface area contributed by atoms with Crippen molar-refractivity contribution in [3.05, 3.63) is 22.7 Å². The molecule has 1 aliphatic rings. The van der Waals surface area contributed by atoms with E-state index in [0.29, 0.717) is 16.4 Å². The third kappa shape index (κ3) is 3.23. The zero-order chi connectivity index (χ0) is 14.0. The van der Waals surface area contributed by atoms with Crippen molar-refractivity contribution in [2.24, 2.45) is 0 Å². The summed E-state index contributed by atoms with van der Waals surface area (Å²) in [5, 5.41) is 14.0. The number of hydrogen-bond donors (Lipinski definition) is 3. The van der Waals surface area contributed by atoms with Crippen LogP contribution in [0.3, 0.4) is 0 Å². The molecule has 0 aliphatic carbocycles. The van der Waals surface area contributed by atoms with E-state index in [-0.39, 0.29) is 25.2 Å². The van der Waals surface area contributed by atoms with Gasteiger partial charge in [0.2, 0.25) is 11.8 Å². The smallest absolute Gasteiger partial charge is 0.303 e. The van der Waals surface area contributed by atoms with E-state index in [0.717, 1.165) is 5.56 Å². The molecule has 0 atom stereocenters. The molecule has 2 amide bonds. The number of fused-ring (bicyclic) bond motifs is 1. The molecule has 0 bridgehead atoms. The van der Waals surface area contributed by atoms with Crippen molar-refractivity contribution in [2.75, 3.05) is 10.6 Å². The normalized spacial score (nSPS) is 12.8. The van der Waals surface area contributed by atoms with Crippen LogP contribution in [0, 0.1) is 0 Å². The molecule has 0 aromatic heterocycles. The number of rotatable bonds is 4. The highest BCUT2D eigenvalue weighted by atomic mass is 35.5. The molecular weight excluding hydrogens is 272 g/mol. The Morgan fingerprint density at radius 1 is 1.37 bits per heavy atom. The molecule has 0 fully saturated rings. The molecule has 1 aromatic rings. The molecule has 0 saturated heterocycles. The van der Waals surface area contributed by atoms with Gasteiger partial charge in [-0.1, -0.05) is 11.6 Å². The highest BCUT2D eigenvalue weighted by Crippen LogP contribution is 2.32. The van der Waals surface area contributed by atoms with Gasteiger partial charge in [-0.3, -0.25) is 14.4 Å². The Kier molecular flexibility index (Phi) is 3.71. The minimum atomic E-state index is -1.04. The number of carboxylic acids is 1. The average molecular weight is 283 g/mol. The van der Waals surface area contributed by atoms with Gasteiger partial charge in [0, 0.05) is 12.1 Å². The second-order valence-electron chi connectivity index (χ2n) is 4.16. The van der Waals surface area contributed by atoms with Crippen LogP contribution >= 0.6 is 11.6 Å². The summed E-state index contributed by atoms with van der Waals surface area (Å²) in [5.41, 5.74) is 1.77. The summed E-state index contributed by atoms with van der Waals surface area (Å²) in [6, 6.07) is 3.18. The molecule has 3 N–H and O–H groups in total. The van der Waals surface area contributed by atoms with Gasteiger partial charge in [-0.15, -0.1) is 0 Å². The first-order valence-electron chi connectivity index (χ1n) is 5.59. The first-order valence-corrected chi connectivity index (χ1v) is 5.97. The van der Waals surface area contributed by atoms with E-state index in [4.69, 9.17) is 16.7 Å². The Hall–Kier alpha value is -2.08. The predicted molar refractivity (Wildman–Crippen MR) is 69.3 cm³/mol. The zero-order valence-corrected chi connectivity index (χ0v) is 10.6. The third-order valence-electron chi connectivity index (χ3n) is 2.66. The minimum absolute atomic E-state index is 0.125. The maximum atomic E-state index is 11.5. The lowest BCUT2D eigenvalue weighted by molar-refractivity contribution is -0.138. The molecule has 0 unspecified atom stereocenters. The van der Waals surface area contributed by atoms with Crippen LogP contribution in [0.25, 0.3) is 0 Å². The SMILES string of the molecule is O=C(O)CCC(=O)Nc1cc2c(cc1Cl)NC(=O)C2. The molecule has 2 rings (SSSR count). The van der Waals surface area contributed by atoms with Crippen LogP contribution in [0.4, 0.5) is 11.4 Å². The van der Waals surface area contributed by atoms with Crippen LogP contribution in [0.5, 0.6) is 0 Å². The fourth-order valence-electron chi connectivity index (χ4n) is 1.78. The topological polar surface area (TPSA) is 95.5 Å². The highest BCUT2D eigenvalue weighted by molar-refractivity contribution is 6.34. The number of nitrogens with one attached hydrogen (secondary N) is 2.